The van der Waals surface area contributed by atoms with E-state index >= 15 is 0 Å². The number of fused-ring (bicyclic) bond motifs is 3. The summed E-state index contributed by atoms with van der Waals surface area (Å²) in [6, 6.07) is 5.21. The van der Waals surface area contributed by atoms with Gasteiger partial charge in [-0.3, -0.25) is 24.2 Å². The van der Waals surface area contributed by atoms with Gasteiger partial charge in [0.05, 0.1) is 16.9 Å². The summed E-state index contributed by atoms with van der Waals surface area (Å²) in [6.45, 7) is 5.00. The lowest BCUT2D eigenvalue weighted by atomic mass is 9.59. The van der Waals surface area contributed by atoms with Crippen molar-refractivity contribution in [1.29, 1.82) is 0 Å². The van der Waals surface area contributed by atoms with Gasteiger partial charge in [0.25, 0.3) is 11.8 Å². The molecule has 2 heterocycles. The van der Waals surface area contributed by atoms with Gasteiger partial charge < -0.3 is 5.11 Å². The van der Waals surface area contributed by atoms with Crippen molar-refractivity contribution in [2.24, 2.45) is 17.8 Å². The number of phenolic OH excluding ortho intramolecular Hbond substituents is 1. The fourth-order valence-corrected chi connectivity index (χ4v) is 7.34. The van der Waals surface area contributed by atoms with Crippen molar-refractivity contribution in [3.05, 3.63) is 86.1 Å². The zero-order chi connectivity index (χ0) is 32.0. The van der Waals surface area contributed by atoms with Gasteiger partial charge >= 0.3 is 6.18 Å². The van der Waals surface area contributed by atoms with Crippen LogP contribution in [0.3, 0.4) is 0 Å². The van der Waals surface area contributed by atoms with E-state index in [0.29, 0.717) is 33.9 Å². The zero-order valence-electron chi connectivity index (χ0n) is 24.1. The first-order valence-corrected chi connectivity index (χ1v) is 14.3. The van der Waals surface area contributed by atoms with E-state index in [-0.39, 0.29) is 46.3 Å². The Kier molecular flexibility index (Phi) is 6.88. The predicted molar refractivity (Wildman–Crippen MR) is 153 cm³/mol. The molecule has 0 bridgehead atoms. The zero-order valence-corrected chi connectivity index (χ0v) is 24.9. The third-order valence-electron chi connectivity index (χ3n) is 9.11. The van der Waals surface area contributed by atoms with E-state index in [1.54, 1.807) is 32.9 Å². The normalized spacial score (nSPS) is 25.0. The molecule has 2 amide bonds. The van der Waals surface area contributed by atoms with E-state index < -0.39 is 53.2 Å². The van der Waals surface area contributed by atoms with Crippen LogP contribution in [0.1, 0.15) is 48.1 Å². The number of pyridine rings is 1. The average Bonchev–Trinajstić information content (AvgIpc) is 3.22. The molecule has 0 radical (unpaired) electrons. The van der Waals surface area contributed by atoms with Crippen LogP contribution in [-0.4, -0.2) is 45.5 Å². The standard InChI is InChI=1S/C32H27ClF3N3O5/c1-13-9-16(10-14(2)27(13)41)24-17-5-6-18-25(19(17)12-20-26(24)22(40)11-15(3)28(20)42)31(44)39(30(18)43)38(4)29-21(33)7-8-23(37-29)32(34,35)36/h5,7-11,18-19,24-25,41H,6,12H2,1-4H3. The number of hydrogen-bond donors (Lipinski definition) is 1. The summed E-state index contributed by atoms with van der Waals surface area (Å²) in [7, 11) is 1.25. The second kappa shape index (κ2) is 10.2. The van der Waals surface area contributed by atoms with Gasteiger partial charge in [0, 0.05) is 29.7 Å². The Morgan fingerprint density at radius 2 is 1.68 bits per heavy atom. The molecule has 1 saturated heterocycles. The highest BCUT2D eigenvalue weighted by Gasteiger charge is 2.57. The van der Waals surface area contributed by atoms with Gasteiger partial charge in [-0.1, -0.05) is 35.4 Å². The molecule has 4 unspecified atom stereocenters. The summed E-state index contributed by atoms with van der Waals surface area (Å²) >= 11 is 6.19. The molecule has 1 fully saturated rings. The van der Waals surface area contributed by atoms with Gasteiger partial charge in [0.1, 0.15) is 11.4 Å². The first-order chi connectivity index (χ1) is 20.6. The van der Waals surface area contributed by atoms with Crippen LogP contribution in [0.25, 0.3) is 0 Å². The van der Waals surface area contributed by atoms with Crippen LogP contribution < -0.4 is 5.01 Å². The molecule has 0 spiro atoms. The average molecular weight is 626 g/mol. The van der Waals surface area contributed by atoms with E-state index in [1.807, 2.05) is 6.08 Å². The Bertz CT molecular complexity index is 1770. The summed E-state index contributed by atoms with van der Waals surface area (Å²) in [4.78, 5) is 58.4. The smallest absolute Gasteiger partial charge is 0.433 e. The van der Waals surface area contributed by atoms with Crippen LogP contribution in [0.5, 0.6) is 5.75 Å². The van der Waals surface area contributed by atoms with Crippen LogP contribution in [0, 0.1) is 31.6 Å². The molecule has 4 aliphatic rings. The number of rotatable bonds is 3. The number of allylic oxidation sites excluding steroid dienone is 6. The third kappa shape index (κ3) is 4.39. The molecule has 3 aliphatic carbocycles. The Labute approximate surface area is 255 Å². The number of alkyl halides is 3. The monoisotopic (exact) mass is 625 g/mol. The first kappa shape index (κ1) is 29.8. The maximum Gasteiger partial charge on any atom is 0.433 e. The number of phenols is 1. The Morgan fingerprint density at radius 1 is 1.02 bits per heavy atom. The summed E-state index contributed by atoms with van der Waals surface area (Å²) in [5.74, 6) is -5.35. The summed E-state index contributed by atoms with van der Waals surface area (Å²) in [5, 5.41) is 12.0. The lowest BCUT2D eigenvalue weighted by molar-refractivity contribution is -0.141. The van der Waals surface area contributed by atoms with Crippen LogP contribution in [0.4, 0.5) is 19.0 Å². The lowest BCUT2D eigenvalue weighted by Crippen LogP contribution is -2.46. The first-order valence-electron chi connectivity index (χ1n) is 14.0. The molecule has 12 heteroatoms. The largest absolute Gasteiger partial charge is 0.507 e. The molecule has 44 heavy (non-hydrogen) atoms. The molecule has 6 rings (SSSR count). The number of carbonyl (C=O) groups excluding carboxylic acids is 4. The topological polar surface area (TPSA) is 108 Å². The number of amides is 2. The molecule has 1 aromatic heterocycles. The SMILES string of the molecule is CC1=CC(=O)C2=C(CC3C(=CCC4C(=O)N(N(C)c5nc(C(F)(F)F)ccc5Cl)C(=O)C43)C2c2cc(C)c(O)c(C)c2)C1=O. The minimum absolute atomic E-state index is 0.0454. The molecule has 1 aromatic carbocycles. The van der Waals surface area contributed by atoms with Crippen molar-refractivity contribution in [3.8, 4) is 5.75 Å². The van der Waals surface area contributed by atoms with E-state index in [2.05, 4.69) is 4.98 Å². The second-order valence-corrected chi connectivity index (χ2v) is 12.2. The number of benzene rings is 1. The molecule has 2 aromatic rings. The van der Waals surface area contributed by atoms with E-state index in [9.17, 15) is 37.5 Å². The van der Waals surface area contributed by atoms with Crippen LogP contribution >= 0.6 is 11.6 Å². The Morgan fingerprint density at radius 3 is 2.32 bits per heavy atom. The number of aromatic hydroxyl groups is 1. The van der Waals surface area contributed by atoms with Gasteiger partial charge in [-0.05, 0) is 74.4 Å². The number of anilines is 1. The molecule has 0 saturated carbocycles. The molecule has 1 aliphatic heterocycles. The summed E-state index contributed by atoms with van der Waals surface area (Å²) in [5.41, 5.74) is 2.16. The van der Waals surface area contributed by atoms with Crippen LogP contribution in [0.15, 0.2) is 58.7 Å². The highest BCUT2D eigenvalue weighted by molar-refractivity contribution is 6.33. The quantitative estimate of drug-likeness (QED) is 0.270. The number of hydrazine groups is 1. The number of halogens is 4. The minimum Gasteiger partial charge on any atom is -0.507 e. The van der Waals surface area contributed by atoms with E-state index in [4.69, 9.17) is 11.6 Å². The van der Waals surface area contributed by atoms with E-state index in [1.165, 1.54) is 13.1 Å². The van der Waals surface area contributed by atoms with Crippen molar-refractivity contribution in [2.75, 3.05) is 12.1 Å². The maximum atomic E-state index is 14.1. The summed E-state index contributed by atoms with van der Waals surface area (Å²) < 4.78 is 40.3. The molecule has 4 atom stereocenters. The fourth-order valence-electron chi connectivity index (χ4n) is 7.11. The number of imide groups is 1. The molecule has 228 valence electrons. The van der Waals surface area contributed by atoms with Gasteiger partial charge in [0.2, 0.25) is 0 Å². The molecular formula is C32H27ClF3N3O5. The number of nitrogens with zero attached hydrogens (tertiary/aromatic N) is 3. The number of carbonyl (C=O) groups is 4. The highest BCUT2D eigenvalue weighted by atomic mass is 35.5. The lowest BCUT2D eigenvalue weighted by Gasteiger charge is -2.42. The minimum atomic E-state index is -4.78. The number of aryl methyl sites for hydroxylation is 2. The summed E-state index contributed by atoms with van der Waals surface area (Å²) in [6.07, 6.45) is -1.44. The van der Waals surface area contributed by atoms with Gasteiger partial charge in [0.15, 0.2) is 17.4 Å². The highest BCUT2D eigenvalue weighted by Crippen LogP contribution is 2.55. The van der Waals surface area contributed by atoms with Gasteiger partial charge in [-0.25, -0.2) is 4.98 Å². The molecule has 8 nitrogen and oxygen atoms in total. The fraction of sp³-hybridized carbons (Fsp3) is 0.344. The van der Waals surface area contributed by atoms with Crippen LogP contribution in [-0.2, 0) is 25.4 Å². The molecule has 1 N–H and O–H groups in total. The van der Waals surface area contributed by atoms with Crippen molar-refractivity contribution in [1.82, 2.24) is 9.99 Å². The van der Waals surface area contributed by atoms with Crippen molar-refractivity contribution in [3.63, 3.8) is 0 Å². The Hall–Kier alpha value is -4.25. The number of aromatic nitrogens is 1. The van der Waals surface area contributed by atoms with Gasteiger partial charge in [-0.2, -0.15) is 18.2 Å². The third-order valence-corrected chi connectivity index (χ3v) is 9.41. The Balaban J connectivity index is 1.45. The van der Waals surface area contributed by atoms with Crippen LogP contribution in [0.2, 0.25) is 5.02 Å². The number of ketones is 2. The van der Waals surface area contributed by atoms with E-state index in [0.717, 1.165) is 16.1 Å². The van der Waals surface area contributed by atoms with Crippen molar-refractivity contribution >= 4 is 40.8 Å². The molecular weight excluding hydrogens is 599 g/mol. The van der Waals surface area contributed by atoms with Crippen molar-refractivity contribution < 1.29 is 37.5 Å². The second-order valence-electron chi connectivity index (χ2n) is 11.7. The van der Waals surface area contributed by atoms with Gasteiger partial charge in [-0.15, -0.1) is 0 Å². The predicted octanol–water partition coefficient (Wildman–Crippen LogP) is 5.56. The number of hydrogen-bond acceptors (Lipinski definition) is 7. The maximum absolute atomic E-state index is 14.1. The van der Waals surface area contributed by atoms with Crippen molar-refractivity contribution in [2.45, 2.75) is 45.7 Å². The number of Topliss-reactive ketones (excluding diaryl/α,β-unsaturated/α-hetero) is 1.